The lowest BCUT2D eigenvalue weighted by molar-refractivity contribution is -0.123. The van der Waals surface area contributed by atoms with Crippen molar-refractivity contribution in [2.24, 2.45) is 0 Å². The van der Waals surface area contributed by atoms with Crippen LogP contribution in [0.5, 0.6) is 5.75 Å². The summed E-state index contributed by atoms with van der Waals surface area (Å²) in [6.07, 6.45) is 5.45. The number of anilines is 1. The number of carbonyl (C=O) groups is 2. The second-order valence-electron chi connectivity index (χ2n) is 5.61. The van der Waals surface area contributed by atoms with Gasteiger partial charge >= 0.3 is 0 Å². The number of aromatic nitrogens is 1. The van der Waals surface area contributed by atoms with E-state index >= 15 is 0 Å². The fraction of sp³-hybridized carbons (Fsp3) is 0.278. The van der Waals surface area contributed by atoms with Gasteiger partial charge in [0.15, 0.2) is 6.61 Å². The molecule has 2 amide bonds. The Morgan fingerprint density at radius 3 is 2.88 bits per heavy atom. The third kappa shape index (κ3) is 4.32. The number of amides is 2. The lowest BCUT2D eigenvalue weighted by Crippen LogP contribution is -2.30. The van der Waals surface area contributed by atoms with Crippen LogP contribution < -0.4 is 15.4 Å². The molecule has 2 N–H and O–H groups in total. The van der Waals surface area contributed by atoms with Crippen LogP contribution in [0.25, 0.3) is 0 Å². The van der Waals surface area contributed by atoms with Gasteiger partial charge in [0.2, 0.25) is 5.91 Å². The average molecular weight is 325 g/mol. The molecular weight excluding hydrogens is 306 g/mol. The predicted molar refractivity (Wildman–Crippen MR) is 89.8 cm³/mol. The summed E-state index contributed by atoms with van der Waals surface area (Å²) in [5.41, 5.74) is 2.97. The van der Waals surface area contributed by atoms with E-state index in [0.29, 0.717) is 18.7 Å². The van der Waals surface area contributed by atoms with E-state index < -0.39 is 0 Å². The van der Waals surface area contributed by atoms with Gasteiger partial charge < -0.3 is 15.4 Å². The molecule has 1 aliphatic heterocycles. The van der Waals surface area contributed by atoms with E-state index in [1.54, 1.807) is 18.5 Å². The van der Waals surface area contributed by atoms with Crippen LogP contribution in [0.1, 0.15) is 17.5 Å². The zero-order valence-corrected chi connectivity index (χ0v) is 13.2. The molecule has 1 aromatic carbocycles. The van der Waals surface area contributed by atoms with Crippen LogP contribution in [0, 0.1) is 0 Å². The molecule has 6 nitrogen and oxygen atoms in total. The Hall–Kier alpha value is -2.89. The van der Waals surface area contributed by atoms with E-state index in [2.05, 4.69) is 15.6 Å². The lowest BCUT2D eigenvalue weighted by Gasteiger charge is -2.17. The minimum atomic E-state index is -0.175. The standard InChI is InChI=1S/C18H19N3O3/c22-17-4-2-14-1-3-15(11-16(14)21-17)24-12-18(23)20-10-7-13-5-8-19-9-6-13/h1,3,5-6,8-9,11H,2,4,7,10,12H2,(H,20,23)(H,21,22). The molecule has 0 spiro atoms. The molecule has 0 fully saturated rings. The minimum Gasteiger partial charge on any atom is -0.484 e. The quantitative estimate of drug-likeness (QED) is 0.847. The summed E-state index contributed by atoms with van der Waals surface area (Å²) in [6, 6.07) is 9.34. The molecular formula is C18H19N3O3. The van der Waals surface area contributed by atoms with Crippen LogP contribution in [0.4, 0.5) is 5.69 Å². The Morgan fingerprint density at radius 2 is 2.04 bits per heavy atom. The van der Waals surface area contributed by atoms with Gasteiger partial charge in [0.1, 0.15) is 5.75 Å². The fourth-order valence-corrected chi connectivity index (χ4v) is 2.54. The number of pyridine rings is 1. The summed E-state index contributed by atoms with van der Waals surface area (Å²) in [5, 5.41) is 5.63. The molecule has 2 heterocycles. The summed E-state index contributed by atoms with van der Waals surface area (Å²) in [4.78, 5) is 27.2. The molecule has 0 aliphatic carbocycles. The number of carbonyl (C=O) groups excluding carboxylic acids is 2. The highest BCUT2D eigenvalue weighted by molar-refractivity contribution is 5.94. The van der Waals surface area contributed by atoms with E-state index in [0.717, 1.165) is 29.7 Å². The molecule has 6 heteroatoms. The highest BCUT2D eigenvalue weighted by atomic mass is 16.5. The van der Waals surface area contributed by atoms with Crippen LogP contribution in [0.2, 0.25) is 0 Å². The molecule has 124 valence electrons. The van der Waals surface area contributed by atoms with E-state index in [1.807, 2.05) is 24.3 Å². The van der Waals surface area contributed by atoms with Gasteiger partial charge in [0.25, 0.3) is 5.91 Å². The highest BCUT2D eigenvalue weighted by Crippen LogP contribution is 2.26. The maximum Gasteiger partial charge on any atom is 0.257 e. The van der Waals surface area contributed by atoms with Crippen LogP contribution in [-0.2, 0) is 22.4 Å². The number of rotatable bonds is 6. The monoisotopic (exact) mass is 325 g/mol. The average Bonchev–Trinajstić information content (AvgIpc) is 2.60. The van der Waals surface area contributed by atoms with Crippen LogP contribution in [0.15, 0.2) is 42.7 Å². The van der Waals surface area contributed by atoms with Crippen molar-refractivity contribution < 1.29 is 14.3 Å². The number of nitrogens with one attached hydrogen (secondary N) is 2. The van der Waals surface area contributed by atoms with E-state index in [9.17, 15) is 9.59 Å². The number of aryl methyl sites for hydroxylation is 1. The fourth-order valence-electron chi connectivity index (χ4n) is 2.54. The summed E-state index contributed by atoms with van der Waals surface area (Å²) >= 11 is 0. The van der Waals surface area contributed by atoms with Crippen molar-refractivity contribution in [3.63, 3.8) is 0 Å². The van der Waals surface area contributed by atoms with Crippen molar-refractivity contribution in [3.05, 3.63) is 53.9 Å². The summed E-state index contributed by atoms with van der Waals surface area (Å²) in [5.74, 6) is 0.402. The summed E-state index contributed by atoms with van der Waals surface area (Å²) in [7, 11) is 0. The molecule has 3 rings (SSSR count). The first kappa shape index (κ1) is 16.0. The van der Waals surface area contributed by atoms with Crippen LogP contribution >= 0.6 is 0 Å². The van der Waals surface area contributed by atoms with E-state index in [1.165, 1.54) is 0 Å². The second kappa shape index (κ2) is 7.59. The predicted octanol–water partition coefficient (Wildman–Crippen LogP) is 1.70. The summed E-state index contributed by atoms with van der Waals surface area (Å²) < 4.78 is 5.50. The molecule has 0 bridgehead atoms. The normalized spacial score (nSPS) is 12.9. The van der Waals surface area contributed by atoms with Crippen LogP contribution in [0.3, 0.4) is 0 Å². The zero-order chi connectivity index (χ0) is 16.8. The molecule has 0 radical (unpaired) electrons. The number of ether oxygens (including phenoxy) is 1. The van der Waals surface area contributed by atoms with Gasteiger partial charge in [0.05, 0.1) is 0 Å². The highest BCUT2D eigenvalue weighted by Gasteiger charge is 2.15. The summed E-state index contributed by atoms with van der Waals surface area (Å²) in [6.45, 7) is 0.496. The van der Waals surface area contributed by atoms with Gasteiger partial charge in [-0.05, 0) is 42.2 Å². The maximum absolute atomic E-state index is 11.8. The molecule has 0 saturated carbocycles. The van der Waals surface area contributed by atoms with Gasteiger partial charge in [-0.3, -0.25) is 14.6 Å². The molecule has 2 aromatic rings. The van der Waals surface area contributed by atoms with Crippen molar-refractivity contribution >= 4 is 17.5 Å². The first-order chi connectivity index (χ1) is 11.7. The Kier molecular flexibility index (Phi) is 5.05. The first-order valence-electron chi connectivity index (χ1n) is 7.92. The SMILES string of the molecule is O=C(COc1ccc2c(c1)NC(=O)CC2)NCCc1ccncc1. The van der Waals surface area contributed by atoms with Gasteiger partial charge in [-0.15, -0.1) is 0 Å². The van der Waals surface area contributed by atoms with Gasteiger partial charge in [-0.25, -0.2) is 0 Å². The van der Waals surface area contributed by atoms with Crippen molar-refractivity contribution in [2.45, 2.75) is 19.3 Å². The number of nitrogens with zero attached hydrogens (tertiary/aromatic N) is 1. The molecule has 24 heavy (non-hydrogen) atoms. The molecule has 1 aliphatic rings. The molecule has 0 unspecified atom stereocenters. The third-order valence-electron chi connectivity index (χ3n) is 3.83. The Balaban J connectivity index is 1.44. The Morgan fingerprint density at radius 1 is 1.21 bits per heavy atom. The third-order valence-corrected chi connectivity index (χ3v) is 3.83. The smallest absolute Gasteiger partial charge is 0.257 e. The van der Waals surface area contributed by atoms with Gasteiger partial charge in [-0.1, -0.05) is 6.07 Å². The van der Waals surface area contributed by atoms with Crippen molar-refractivity contribution in [1.82, 2.24) is 10.3 Å². The first-order valence-corrected chi connectivity index (χ1v) is 7.92. The van der Waals surface area contributed by atoms with Crippen molar-refractivity contribution in [2.75, 3.05) is 18.5 Å². The Bertz CT molecular complexity index is 732. The topological polar surface area (TPSA) is 80.3 Å². The lowest BCUT2D eigenvalue weighted by atomic mass is 10.0. The van der Waals surface area contributed by atoms with E-state index in [4.69, 9.17) is 4.74 Å². The van der Waals surface area contributed by atoms with Crippen molar-refractivity contribution in [1.29, 1.82) is 0 Å². The maximum atomic E-state index is 11.8. The second-order valence-corrected chi connectivity index (χ2v) is 5.61. The number of hydrogen-bond acceptors (Lipinski definition) is 4. The largest absolute Gasteiger partial charge is 0.484 e. The zero-order valence-electron chi connectivity index (χ0n) is 13.2. The van der Waals surface area contributed by atoms with E-state index in [-0.39, 0.29) is 18.4 Å². The molecule has 0 saturated heterocycles. The van der Waals surface area contributed by atoms with Gasteiger partial charge in [-0.2, -0.15) is 0 Å². The van der Waals surface area contributed by atoms with Crippen LogP contribution in [-0.4, -0.2) is 29.9 Å². The number of hydrogen-bond donors (Lipinski definition) is 2. The van der Waals surface area contributed by atoms with Gasteiger partial charge in [0, 0.05) is 37.1 Å². The van der Waals surface area contributed by atoms with Crippen molar-refractivity contribution in [3.8, 4) is 5.75 Å². The number of benzene rings is 1. The molecule has 0 atom stereocenters. The molecule has 1 aromatic heterocycles. The minimum absolute atomic E-state index is 0.00788. The Labute approximate surface area is 140 Å². The number of fused-ring (bicyclic) bond motifs is 1.